The van der Waals surface area contributed by atoms with Crippen LogP contribution < -0.4 is 10.2 Å². The summed E-state index contributed by atoms with van der Waals surface area (Å²) in [5.41, 5.74) is 0.464. The van der Waals surface area contributed by atoms with Gasteiger partial charge < -0.3 is 9.47 Å². The summed E-state index contributed by atoms with van der Waals surface area (Å²) in [6.45, 7) is 1.63. The van der Waals surface area contributed by atoms with Gasteiger partial charge in [-0.2, -0.15) is 18.6 Å². The summed E-state index contributed by atoms with van der Waals surface area (Å²) >= 11 is 5.75. The Labute approximate surface area is 184 Å². The standard InChI is InChI=1S/C19H16ClF4N3O5/c1-27(4-6-31-7-5-27)25-18(28)13-10-12(2-3-16(13)26(29)30)32-17-14(20)8-11(9-15(17)21)19(22,23)24/h2-3,8-10H,4-7H2,1H3/p+1. The van der Waals surface area contributed by atoms with E-state index >= 15 is 0 Å². The molecule has 0 unspecified atom stereocenters. The second-order valence-corrected chi connectivity index (χ2v) is 7.61. The van der Waals surface area contributed by atoms with E-state index < -0.39 is 44.8 Å². The molecule has 1 aliphatic heterocycles. The fourth-order valence-electron chi connectivity index (χ4n) is 3.02. The summed E-state index contributed by atoms with van der Waals surface area (Å²) in [4.78, 5) is 23.4. The zero-order chi connectivity index (χ0) is 23.7. The molecule has 0 radical (unpaired) electrons. The second-order valence-electron chi connectivity index (χ2n) is 7.20. The molecule has 0 atom stereocenters. The number of hydrogen-bond acceptors (Lipinski definition) is 5. The van der Waals surface area contributed by atoms with Crippen molar-refractivity contribution >= 4 is 23.2 Å². The van der Waals surface area contributed by atoms with Crippen molar-refractivity contribution in [2.45, 2.75) is 6.18 Å². The summed E-state index contributed by atoms with van der Waals surface area (Å²) in [7, 11) is 1.71. The number of benzene rings is 2. The number of rotatable bonds is 5. The Kier molecular flexibility index (Phi) is 6.58. The average molecular weight is 479 g/mol. The van der Waals surface area contributed by atoms with Crippen molar-refractivity contribution in [3.63, 3.8) is 0 Å². The Balaban J connectivity index is 1.93. The van der Waals surface area contributed by atoms with E-state index in [-0.39, 0.29) is 22.0 Å². The normalized spacial score (nSPS) is 15.8. The van der Waals surface area contributed by atoms with Gasteiger partial charge in [0.15, 0.2) is 11.6 Å². The summed E-state index contributed by atoms with van der Waals surface area (Å²) in [5.74, 6) is -3.12. The fraction of sp³-hybridized carbons (Fsp3) is 0.316. The van der Waals surface area contributed by atoms with Gasteiger partial charge in [-0.25, -0.2) is 8.98 Å². The molecule has 8 nitrogen and oxygen atoms in total. The molecule has 32 heavy (non-hydrogen) atoms. The van der Waals surface area contributed by atoms with E-state index in [4.69, 9.17) is 21.1 Å². The van der Waals surface area contributed by atoms with E-state index in [1.807, 2.05) is 0 Å². The minimum absolute atomic E-state index is 0.0699. The summed E-state index contributed by atoms with van der Waals surface area (Å²) in [6.07, 6.45) is -4.82. The van der Waals surface area contributed by atoms with Crippen LogP contribution in [-0.4, -0.2) is 48.8 Å². The molecule has 2 aromatic carbocycles. The molecule has 0 spiro atoms. The molecule has 13 heteroatoms. The topological polar surface area (TPSA) is 90.7 Å². The van der Waals surface area contributed by atoms with Gasteiger partial charge in [0.05, 0.1) is 35.8 Å². The molecule has 0 saturated carbocycles. The number of morpholine rings is 1. The SMILES string of the molecule is C[N+]1(NC(=O)c2cc(Oc3c(F)cc(C(F)(F)F)cc3Cl)ccc2[N+](=O)[O-])CCOCC1. The lowest BCUT2D eigenvalue weighted by Crippen LogP contribution is -2.62. The van der Waals surface area contributed by atoms with Crippen molar-refractivity contribution in [2.24, 2.45) is 0 Å². The van der Waals surface area contributed by atoms with Crippen LogP contribution in [0.3, 0.4) is 0 Å². The van der Waals surface area contributed by atoms with Crippen LogP contribution >= 0.6 is 11.6 Å². The number of carbonyl (C=O) groups excluding carboxylic acids is 1. The van der Waals surface area contributed by atoms with E-state index in [9.17, 15) is 32.5 Å². The highest BCUT2D eigenvalue weighted by Crippen LogP contribution is 2.39. The van der Waals surface area contributed by atoms with Gasteiger partial charge in [0, 0.05) is 12.1 Å². The maximum atomic E-state index is 14.2. The van der Waals surface area contributed by atoms with E-state index in [0.29, 0.717) is 32.4 Å². The minimum Gasteiger partial charge on any atom is -0.453 e. The number of alkyl halides is 3. The Hall–Kier alpha value is -2.96. The van der Waals surface area contributed by atoms with Crippen LogP contribution in [-0.2, 0) is 10.9 Å². The molecule has 1 heterocycles. The van der Waals surface area contributed by atoms with Crippen LogP contribution in [0.25, 0.3) is 0 Å². The highest BCUT2D eigenvalue weighted by Gasteiger charge is 2.34. The Morgan fingerprint density at radius 1 is 1.25 bits per heavy atom. The number of amides is 1. The minimum atomic E-state index is -4.82. The Morgan fingerprint density at radius 2 is 1.91 bits per heavy atom. The maximum Gasteiger partial charge on any atom is 0.416 e. The number of likely N-dealkylation sites (N-methyl/N-ethyl adjacent to an activating group) is 1. The van der Waals surface area contributed by atoms with E-state index in [1.54, 1.807) is 7.05 Å². The number of nitrogens with one attached hydrogen (secondary N) is 1. The number of nitro benzene ring substituents is 1. The van der Waals surface area contributed by atoms with Crippen LogP contribution in [0.1, 0.15) is 15.9 Å². The van der Waals surface area contributed by atoms with Crippen molar-refractivity contribution in [3.05, 3.63) is 62.4 Å². The zero-order valence-corrected chi connectivity index (χ0v) is 17.3. The first-order valence-corrected chi connectivity index (χ1v) is 9.55. The van der Waals surface area contributed by atoms with Crippen LogP contribution in [0.4, 0.5) is 23.2 Å². The number of ether oxygens (including phenoxy) is 2. The van der Waals surface area contributed by atoms with Crippen LogP contribution in [0.15, 0.2) is 30.3 Å². The third-order valence-corrected chi connectivity index (χ3v) is 5.07. The van der Waals surface area contributed by atoms with Crippen molar-refractivity contribution < 1.29 is 41.3 Å². The lowest BCUT2D eigenvalue weighted by Gasteiger charge is -2.36. The van der Waals surface area contributed by atoms with Gasteiger partial charge in [-0.15, -0.1) is 0 Å². The quantitative estimate of drug-likeness (QED) is 0.299. The molecule has 1 amide bonds. The number of halogens is 5. The predicted octanol–water partition coefficient (Wildman–Crippen LogP) is 4.32. The molecule has 0 bridgehead atoms. The fourth-order valence-corrected chi connectivity index (χ4v) is 3.27. The van der Waals surface area contributed by atoms with E-state index in [1.165, 1.54) is 0 Å². The van der Waals surface area contributed by atoms with Gasteiger partial charge in [0.2, 0.25) is 0 Å². The number of hydrogen-bond donors (Lipinski definition) is 1. The van der Waals surface area contributed by atoms with Gasteiger partial charge in [0.25, 0.3) is 5.69 Å². The molecule has 1 N–H and O–H groups in total. The molecular formula is C19H17ClF4N3O5+. The first kappa shape index (κ1) is 23.7. The third kappa shape index (κ3) is 5.26. The molecule has 0 aliphatic carbocycles. The number of quaternary nitrogens is 1. The predicted molar refractivity (Wildman–Crippen MR) is 104 cm³/mol. The second kappa shape index (κ2) is 8.88. The van der Waals surface area contributed by atoms with Crippen LogP contribution in [0.5, 0.6) is 11.5 Å². The smallest absolute Gasteiger partial charge is 0.416 e. The molecular weight excluding hydrogens is 462 g/mol. The first-order valence-electron chi connectivity index (χ1n) is 9.17. The molecule has 3 rings (SSSR count). The molecule has 1 saturated heterocycles. The maximum absolute atomic E-state index is 14.2. The molecule has 1 fully saturated rings. The van der Waals surface area contributed by atoms with Gasteiger partial charge in [0.1, 0.15) is 24.4 Å². The number of carbonyl (C=O) groups is 1. The third-order valence-electron chi connectivity index (χ3n) is 4.78. The van der Waals surface area contributed by atoms with E-state index in [2.05, 4.69) is 5.43 Å². The van der Waals surface area contributed by atoms with Gasteiger partial charge in [-0.05, 0) is 18.2 Å². The molecule has 172 valence electrons. The summed E-state index contributed by atoms with van der Waals surface area (Å²) < 4.78 is 63.2. The lowest BCUT2D eigenvalue weighted by atomic mass is 10.1. The van der Waals surface area contributed by atoms with E-state index in [0.717, 1.165) is 18.2 Å². The molecule has 1 aliphatic rings. The van der Waals surface area contributed by atoms with Crippen molar-refractivity contribution in [1.29, 1.82) is 0 Å². The highest BCUT2D eigenvalue weighted by molar-refractivity contribution is 6.32. The molecule has 2 aromatic rings. The van der Waals surface area contributed by atoms with Gasteiger partial charge in [-0.3, -0.25) is 14.9 Å². The Morgan fingerprint density at radius 3 is 2.47 bits per heavy atom. The highest BCUT2D eigenvalue weighted by atomic mass is 35.5. The number of nitro groups is 1. The summed E-state index contributed by atoms with van der Waals surface area (Å²) in [6, 6.07) is 3.74. The van der Waals surface area contributed by atoms with Crippen molar-refractivity contribution in [2.75, 3.05) is 33.4 Å². The monoisotopic (exact) mass is 478 g/mol. The summed E-state index contributed by atoms with van der Waals surface area (Å²) in [5, 5.41) is 10.7. The molecule has 0 aromatic heterocycles. The number of nitrogens with zero attached hydrogens (tertiary/aromatic N) is 2. The largest absolute Gasteiger partial charge is 0.453 e. The van der Waals surface area contributed by atoms with Gasteiger partial charge >= 0.3 is 12.1 Å². The van der Waals surface area contributed by atoms with Crippen molar-refractivity contribution in [1.82, 2.24) is 5.43 Å². The lowest BCUT2D eigenvalue weighted by molar-refractivity contribution is -0.949. The van der Waals surface area contributed by atoms with Crippen LogP contribution in [0, 0.1) is 15.9 Å². The zero-order valence-electron chi connectivity index (χ0n) is 16.5. The van der Waals surface area contributed by atoms with Gasteiger partial charge in [-0.1, -0.05) is 11.6 Å². The Bertz CT molecular complexity index is 1030. The first-order chi connectivity index (χ1) is 14.9. The average Bonchev–Trinajstić information content (AvgIpc) is 2.69. The van der Waals surface area contributed by atoms with Crippen molar-refractivity contribution in [3.8, 4) is 11.5 Å². The van der Waals surface area contributed by atoms with Crippen LogP contribution in [0.2, 0.25) is 5.02 Å².